The second-order valence-corrected chi connectivity index (χ2v) is 4.67. The normalized spacial score (nSPS) is 29.5. The molecule has 5 nitrogen and oxygen atoms in total. The summed E-state index contributed by atoms with van der Waals surface area (Å²) in [7, 11) is 1.77. The van der Waals surface area contributed by atoms with Crippen LogP contribution in [-0.2, 0) is 4.79 Å². The molecule has 6 heteroatoms. The molecule has 88 valence electrons. The van der Waals surface area contributed by atoms with Crippen molar-refractivity contribution in [3.05, 3.63) is 17.4 Å². The highest BCUT2D eigenvalue weighted by molar-refractivity contribution is 6.30. The van der Waals surface area contributed by atoms with E-state index in [0.29, 0.717) is 11.4 Å². The molecule has 1 heterocycles. The monoisotopic (exact) mass is 242 g/mol. The van der Waals surface area contributed by atoms with E-state index < -0.39 is 5.54 Å². The summed E-state index contributed by atoms with van der Waals surface area (Å²) in [6.07, 6.45) is 5.66. The maximum Gasteiger partial charge on any atom is 0.237 e. The Labute approximate surface area is 98.9 Å². The Hall–Kier alpha value is -1.07. The third-order valence-corrected chi connectivity index (χ3v) is 3.58. The molecule has 3 N–H and O–H groups in total. The molecule has 1 aliphatic carbocycles. The van der Waals surface area contributed by atoms with Gasteiger partial charge in [0.05, 0.1) is 22.8 Å². The molecule has 0 spiro atoms. The number of nitrogens with one attached hydrogen (secondary N) is 1. The molecule has 2 unspecified atom stereocenters. The number of likely N-dealkylation sites (N-methyl/N-ethyl adjacent to an activating group) is 1. The lowest BCUT2D eigenvalue weighted by Crippen LogP contribution is -2.52. The van der Waals surface area contributed by atoms with E-state index in [1.54, 1.807) is 19.4 Å². The molecule has 1 aliphatic rings. The fourth-order valence-corrected chi connectivity index (χ4v) is 2.48. The topological polar surface area (TPSA) is 72.9 Å². The van der Waals surface area contributed by atoms with Gasteiger partial charge in [-0.25, -0.2) is 0 Å². The molecule has 1 fully saturated rings. The molecule has 1 amide bonds. The van der Waals surface area contributed by atoms with Crippen LogP contribution in [0.1, 0.15) is 25.3 Å². The van der Waals surface area contributed by atoms with Gasteiger partial charge in [0.15, 0.2) is 0 Å². The standard InChI is InChI=1S/C10H15ClN4O/c1-13-10(9(12)16)3-2-8(4-10)15-6-7(11)5-14-15/h5-6,8,13H,2-4H2,1H3,(H2,12,16). The zero-order chi connectivity index (χ0) is 11.8. The van der Waals surface area contributed by atoms with E-state index in [-0.39, 0.29) is 11.9 Å². The Kier molecular flexibility index (Phi) is 2.90. The number of nitrogens with two attached hydrogens (primary N) is 1. The van der Waals surface area contributed by atoms with E-state index in [1.165, 1.54) is 0 Å². The van der Waals surface area contributed by atoms with E-state index in [0.717, 1.165) is 12.8 Å². The fourth-order valence-electron chi connectivity index (χ4n) is 2.33. The molecule has 1 saturated carbocycles. The van der Waals surface area contributed by atoms with Gasteiger partial charge in [0.2, 0.25) is 5.91 Å². The summed E-state index contributed by atoms with van der Waals surface area (Å²) in [5.41, 5.74) is 4.84. The zero-order valence-electron chi connectivity index (χ0n) is 9.11. The van der Waals surface area contributed by atoms with Gasteiger partial charge in [0.1, 0.15) is 0 Å². The average molecular weight is 243 g/mol. The number of hydrogen-bond acceptors (Lipinski definition) is 3. The highest BCUT2D eigenvalue weighted by Crippen LogP contribution is 2.37. The predicted molar refractivity (Wildman–Crippen MR) is 61.1 cm³/mol. The van der Waals surface area contributed by atoms with Crippen molar-refractivity contribution in [2.45, 2.75) is 30.8 Å². The van der Waals surface area contributed by atoms with E-state index in [9.17, 15) is 4.79 Å². The molecule has 0 aromatic carbocycles. The Bertz CT molecular complexity index is 405. The number of amides is 1. The van der Waals surface area contributed by atoms with Crippen LogP contribution >= 0.6 is 11.6 Å². The lowest BCUT2D eigenvalue weighted by molar-refractivity contribution is -0.124. The molecule has 1 aromatic rings. The third kappa shape index (κ3) is 1.81. The quantitative estimate of drug-likeness (QED) is 0.820. The number of aromatic nitrogens is 2. The highest BCUT2D eigenvalue weighted by Gasteiger charge is 2.43. The largest absolute Gasteiger partial charge is 0.368 e. The number of carbonyl (C=O) groups is 1. The summed E-state index contributed by atoms with van der Waals surface area (Å²) in [5.74, 6) is -0.296. The van der Waals surface area contributed by atoms with Crippen LogP contribution in [0.15, 0.2) is 12.4 Å². The lowest BCUT2D eigenvalue weighted by Gasteiger charge is -2.24. The van der Waals surface area contributed by atoms with Crippen LogP contribution in [-0.4, -0.2) is 28.3 Å². The van der Waals surface area contributed by atoms with Crippen molar-refractivity contribution in [2.24, 2.45) is 5.73 Å². The van der Waals surface area contributed by atoms with Gasteiger partial charge >= 0.3 is 0 Å². The van der Waals surface area contributed by atoms with Crippen LogP contribution in [0.4, 0.5) is 0 Å². The van der Waals surface area contributed by atoms with Crippen molar-refractivity contribution in [1.82, 2.24) is 15.1 Å². The average Bonchev–Trinajstić information content (AvgIpc) is 2.84. The molecule has 2 rings (SSSR count). The fraction of sp³-hybridized carbons (Fsp3) is 0.600. The van der Waals surface area contributed by atoms with Crippen LogP contribution in [0.5, 0.6) is 0 Å². The van der Waals surface area contributed by atoms with E-state index in [1.807, 2.05) is 4.68 Å². The van der Waals surface area contributed by atoms with Gasteiger partial charge in [0.25, 0.3) is 0 Å². The lowest BCUT2D eigenvalue weighted by atomic mass is 9.97. The van der Waals surface area contributed by atoms with Gasteiger partial charge in [-0.1, -0.05) is 11.6 Å². The highest BCUT2D eigenvalue weighted by atomic mass is 35.5. The number of rotatable bonds is 3. The minimum atomic E-state index is -0.594. The number of halogens is 1. The molecule has 16 heavy (non-hydrogen) atoms. The second kappa shape index (κ2) is 4.07. The Morgan fingerprint density at radius 1 is 1.81 bits per heavy atom. The number of carbonyl (C=O) groups excluding carboxylic acids is 1. The molecule has 0 aliphatic heterocycles. The van der Waals surface area contributed by atoms with Crippen molar-refractivity contribution in [1.29, 1.82) is 0 Å². The smallest absolute Gasteiger partial charge is 0.237 e. The summed E-state index contributed by atoms with van der Waals surface area (Å²) >= 11 is 5.82. The summed E-state index contributed by atoms with van der Waals surface area (Å²) in [6, 6.07) is 0.187. The van der Waals surface area contributed by atoms with Gasteiger partial charge in [-0.3, -0.25) is 9.48 Å². The van der Waals surface area contributed by atoms with Gasteiger partial charge in [-0.2, -0.15) is 5.10 Å². The molecule has 0 saturated heterocycles. The van der Waals surface area contributed by atoms with E-state index >= 15 is 0 Å². The predicted octanol–water partition coefficient (Wildman–Crippen LogP) is 0.705. The maximum atomic E-state index is 11.4. The van der Waals surface area contributed by atoms with Gasteiger partial charge in [-0.15, -0.1) is 0 Å². The Balaban J connectivity index is 2.16. The van der Waals surface area contributed by atoms with Crippen molar-refractivity contribution < 1.29 is 4.79 Å². The number of primary amides is 1. The minimum absolute atomic E-state index is 0.187. The first-order chi connectivity index (χ1) is 7.57. The molecule has 1 aromatic heterocycles. The summed E-state index contributed by atoms with van der Waals surface area (Å²) in [5, 5.41) is 7.81. The summed E-state index contributed by atoms with van der Waals surface area (Å²) in [4.78, 5) is 11.4. The maximum absolute atomic E-state index is 11.4. The van der Waals surface area contributed by atoms with Crippen molar-refractivity contribution >= 4 is 17.5 Å². The summed E-state index contributed by atoms with van der Waals surface area (Å²) in [6.45, 7) is 0. The second-order valence-electron chi connectivity index (χ2n) is 4.23. The first-order valence-corrected chi connectivity index (χ1v) is 5.64. The van der Waals surface area contributed by atoms with Crippen LogP contribution in [0.25, 0.3) is 0 Å². The zero-order valence-corrected chi connectivity index (χ0v) is 9.87. The Morgan fingerprint density at radius 2 is 2.56 bits per heavy atom. The van der Waals surface area contributed by atoms with Crippen LogP contribution < -0.4 is 11.1 Å². The summed E-state index contributed by atoms with van der Waals surface area (Å²) < 4.78 is 1.81. The molecule has 2 atom stereocenters. The number of hydrogen-bond donors (Lipinski definition) is 2. The van der Waals surface area contributed by atoms with Gasteiger partial charge < -0.3 is 11.1 Å². The number of nitrogens with zero attached hydrogens (tertiary/aromatic N) is 2. The van der Waals surface area contributed by atoms with Crippen LogP contribution in [0.3, 0.4) is 0 Å². The van der Waals surface area contributed by atoms with Crippen molar-refractivity contribution in [2.75, 3.05) is 7.05 Å². The third-order valence-electron chi connectivity index (χ3n) is 3.38. The van der Waals surface area contributed by atoms with E-state index in [4.69, 9.17) is 17.3 Å². The van der Waals surface area contributed by atoms with Gasteiger partial charge in [0, 0.05) is 6.20 Å². The first kappa shape index (κ1) is 11.4. The SMILES string of the molecule is CNC1(C(N)=O)CCC(n2cc(Cl)cn2)C1. The minimum Gasteiger partial charge on any atom is -0.368 e. The van der Waals surface area contributed by atoms with Crippen molar-refractivity contribution in [3.8, 4) is 0 Å². The molecule has 0 radical (unpaired) electrons. The molecular formula is C10H15ClN4O. The van der Waals surface area contributed by atoms with Crippen LogP contribution in [0, 0.1) is 0 Å². The Morgan fingerprint density at radius 3 is 3.00 bits per heavy atom. The molecule has 0 bridgehead atoms. The molecular weight excluding hydrogens is 228 g/mol. The van der Waals surface area contributed by atoms with Crippen LogP contribution in [0.2, 0.25) is 5.02 Å². The van der Waals surface area contributed by atoms with Crippen molar-refractivity contribution in [3.63, 3.8) is 0 Å². The first-order valence-electron chi connectivity index (χ1n) is 5.26. The van der Waals surface area contributed by atoms with E-state index in [2.05, 4.69) is 10.4 Å². The van der Waals surface area contributed by atoms with Gasteiger partial charge in [-0.05, 0) is 26.3 Å².